The fraction of sp³-hybridized carbons (Fsp3) is 0.217. The van der Waals surface area contributed by atoms with Gasteiger partial charge in [-0.3, -0.25) is 4.79 Å². The van der Waals surface area contributed by atoms with Crippen molar-refractivity contribution < 1.29 is 14.7 Å². The van der Waals surface area contributed by atoms with Crippen LogP contribution in [0.4, 0.5) is 5.00 Å². The molecule has 3 aromatic rings. The Morgan fingerprint density at radius 3 is 2.29 bits per heavy atom. The number of carboxylic acids is 1. The highest BCUT2D eigenvalue weighted by Crippen LogP contribution is 2.36. The molecule has 0 spiro atoms. The maximum Gasteiger partial charge on any atom is 0.339 e. The zero-order chi connectivity index (χ0) is 20.3. The van der Waals surface area contributed by atoms with Gasteiger partial charge in [-0.25, -0.2) is 4.79 Å². The van der Waals surface area contributed by atoms with Crippen LogP contribution in [-0.4, -0.2) is 17.0 Å². The van der Waals surface area contributed by atoms with Crippen LogP contribution in [0.1, 0.15) is 41.8 Å². The van der Waals surface area contributed by atoms with E-state index in [0.717, 1.165) is 16.7 Å². The van der Waals surface area contributed by atoms with Gasteiger partial charge in [0, 0.05) is 17.4 Å². The third-order valence-electron chi connectivity index (χ3n) is 4.78. The van der Waals surface area contributed by atoms with Gasteiger partial charge in [0.1, 0.15) is 10.6 Å². The number of carbonyl (C=O) groups excluding carboxylic acids is 1. The van der Waals surface area contributed by atoms with E-state index in [2.05, 4.69) is 5.32 Å². The maximum atomic E-state index is 12.7. The van der Waals surface area contributed by atoms with Gasteiger partial charge in [0.15, 0.2) is 0 Å². The summed E-state index contributed by atoms with van der Waals surface area (Å²) in [7, 11) is 0. The van der Waals surface area contributed by atoms with E-state index in [1.165, 1.54) is 11.3 Å². The molecular formula is C23H23NO3S. The summed E-state index contributed by atoms with van der Waals surface area (Å²) in [6.45, 7) is 5.99. The number of hydrogen-bond acceptors (Lipinski definition) is 3. The van der Waals surface area contributed by atoms with Crippen molar-refractivity contribution in [3.8, 4) is 11.1 Å². The number of rotatable bonds is 6. The molecule has 1 aromatic heterocycles. The summed E-state index contributed by atoms with van der Waals surface area (Å²) in [4.78, 5) is 24.6. The Labute approximate surface area is 168 Å². The van der Waals surface area contributed by atoms with Crippen molar-refractivity contribution in [2.24, 2.45) is 0 Å². The molecule has 3 rings (SSSR count). The molecule has 0 aliphatic carbocycles. The molecule has 1 heterocycles. The van der Waals surface area contributed by atoms with Crippen molar-refractivity contribution in [3.63, 3.8) is 0 Å². The zero-order valence-corrected chi connectivity index (χ0v) is 17.0. The highest BCUT2D eigenvalue weighted by molar-refractivity contribution is 7.15. The Morgan fingerprint density at radius 1 is 1.04 bits per heavy atom. The predicted octanol–water partition coefficient (Wildman–Crippen LogP) is 5.73. The lowest BCUT2D eigenvalue weighted by Gasteiger charge is -2.24. The molecule has 0 bridgehead atoms. The minimum Gasteiger partial charge on any atom is -0.478 e. The van der Waals surface area contributed by atoms with Crippen molar-refractivity contribution in [1.82, 2.24) is 0 Å². The number of nitrogens with one attached hydrogen (secondary N) is 1. The maximum absolute atomic E-state index is 12.7. The first kappa shape index (κ1) is 19.8. The number of carbonyl (C=O) groups is 2. The van der Waals surface area contributed by atoms with Gasteiger partial charge in [-0.2, -0.15) is 0 Å². The molecule has 2 aromatic carbocycles. The van der Waals surface area contributed by atoms with Crippen molar-refractivity contribution in [3.05, 3.63) is 76.7 Å². The van der Waals surface area contributed by atoms with E-state index < -0.39 is 5.97 Å². The summed E-state index contributed by atoms with van der Waals surface area (Å²) in [5, 5.41) is 14.7. The van der Waals surface area contributed by atoms with Gasteiger partial charge in [0.05, 0.1) is 0 Å². The summed E-state index contributed by atoms with van der Waals surface area (Å²) in [5.74, 6) is -1.25. The van der Waals surface area contributed by atoms with Gasteiger partial charge >= 0.3 is 5.97 Å². The number of aromatic carboxylic acids is 1. The van der Waals surface area contributed by atoms with E-state index in [1.807, 2.05) is 75.4 Å². The first-order valence-corrected chi connectivity index (χ1v) is 9.93. The van der Waals surface area contributed by atoms with E-state index in [0.29, 0.717) is 10.6 Å². The van der Waals surface area contributed by atoms with Crippen LogP contribution in [0.5, 0.6) is 0 Å². The smallest absolute Gasteiger partial charge is 0.339 e. The molecule has 0 atom stereocenters. The molecule has 0 radical (unpaired) electrons. The minimum atomic E-state index is -1.05. The third-order valence-corrected chi connectivity index (χ3v) is 5.67. The van der Waals surface area contributed by atoms with Gasteiger partial charge in [-0.05, 0) is 23.5 Å². The molecule has 2 N–H and O–H groups in total. The van der Waals surface area contributed by atoms with E-state index in [1.54, 1.807) is 5.38 Å². The van der Waals surface area contributed by atoms with Crippen LogP contribution in [0.2, 0.25) is 0 Å². The minimum absolute atomic E-state index is 0.139. The molecule has 4 nitrogen and oxygen atoms in total. The first-order chi connectivity index (χ1) is 13.3. The van der Waals surface area contributed by atoms with Gasteiger partial charge in [-0.1, -0.05) is 74.0 Å². The summed E-state index contributed by atoms with van der Waals surface area (Å²) in [6.07, 6.45) is 0.258. The van der Waals surface area contributed by atoms with Gasteiger partial charge in [0.25, 0.3) is 0 Å². The Kier molecular flexibility index (Phi) is 5.66. The lowest BCUT2D eigenvalue weighted by atomic mass is 9.81. The molecule has 0 saturated heterocycles. The van der Waals surface area contributed by atoms with Crippen molar-refractivity contribution in [1.29, 1.82) is 0 Å². The third kappa shape index (κ3) is 4.31. The van der Waals surface area contributed by atoms with Crippen LogP contribution >= 0.6 is 11.3 Å². The molecule has 28 heavy (non-hydrogen) atoms. The van der Waals surface area contributed by atoms with Crippen LogP contribution in [-0.2, 0) is 10.2 Å². The van der Waals surface area contributed by atoms with Crippen LogP contribution in [0.15, 0.2) is 60.0 Å². The average molecular weight is 394 g/mol. The predicted molar refractivity (Wildman–Crippen MR) is 114 cm³/mol. The molecular weight excluding hydrogens is 370 g/mol. The SMILES string of the molecule is Cc1ccc(-c2csc(NC(=O)CC(C)(C)c3ccccc3)c2C(=O)O)cc1. The quantitative estimate of drug-likeness (QED) is 0.562. The van der Waals surface area contributed by atoms with E-state index in [-0.39, 0.29) is 23.3 Å². The number of benzene rings is 2. The van der Waals surface area contributed by atoms with Crippen LogP contribution < -0.4 is 5.32 Å². The van der Waals surface area contributed by atoms with Crippen molar-refractivity contribution in [2.45, 2.75) is 32.6 Å². The van der Waals surface area contributed by atoms with Crippen molar-refractivity contribution in [2.75, 3.05) is 5.32 Å². The summed E-state index contributed by atoms with van der Waals surface area (Å²) < 4.78 is 0. The number of anilines is 1. The standard InChI is InChI=1S/C23H23NO3S/c1-15-9-11-16(12-10-15)18-14-28-21(20(18)22(26)27)24-19(25)13-23(2,3)17-7-5-4-6-8-17/h4-12,14H,13H2,1-3H3,(H,24,25)(H,26,27). The topological polar surface area (TPSA) is 66.4 Å². The number of aryl methyl sites for hydroxylation is 1. The highest BCUT2D eigenvalue weighted by Gasteiger charge is 2.26. The molecule has 5 heteroatoms. The number of carboxylic acid groups (broad SMARTS) is 1. The van der Waals surface area contributed by atoms with Crippen LogP contribution in [0.25, 0.3) is 11.1 Å². The zero-order valence-electron chi connectivity index (χ0n) is 16.2. The van der Waals surface area contributed by atoms with E-state index >= 15 is 0 Å². The second-order valence-electron chi connectivity index (χ2n) is 7.50. The second-order valence-corrected chi connectivity index (χ2v) is 8.38. The molecule has 0 aliphatic rings. The summed E-state index contributed by atoms with van der Waals surface area (Å²) >= 11 is 1.24. The fourth-order valence-corrected chi connectivity index (χ4v) is 4.15. The second kappa shape index (κ2) is 7.98. The normalized spacial score (nSPS) is 11.2. The molecule has 0 unspecified atom stereocenters. The monoisotopic (exact) mass is 393 g/mol. The molecule has 0 aliphatic heterocycles. The van der Waals surface area contributed by atoms with Crippen LogP contribution in [0, 0.1) is 6.92 Å². The van der Waals surface area contributed by atoms with Crippen LogP contribution in [0.3, 0.4) is 0 Å². The lowest BCUT2D eigenvalue weighted by Crippen LogP contribution is -2.26. The first-order valence-electron chi connectivity index (χ1n) is 9.05. The van der Waals surface area contributed by atoms with Gasteiger partial charge in [0.2, 0.25) is 5.91 Å². The molecule has 1 amide bonds. The average Bonchev–Trinajstić information content (AvgIpc) is 3.06. The lowest BCUT2D eigenvalue weighted by molar-refractivity contribution is -0.117. The van der Waals surface area contributed by atoms with Crippen molar-refractivity contribution >= 4 is 28.2 Å². The number of amides is 1. The van der Waals surface area contributed by atoms with E-state index in [9.17, 15) is 14.7 Å². The highest BCUT2D eigenvalue weighted by atomic mass is 32.1. The van der Waals surface area contributed by atoms with E-state index in [4.69, 9.17) is 0 Å². The molecule has 144 valence electrons. The van der Waals surface area contributed by atoms with Gasteiger partial charge in [-0.15, -0.1) is 11.3 Å². The Morgan fingerprint density at radius 2 is 1.68 bits per heavy atom. The molecule has 0 fully saturated rings. The number of hydrogen-bond donors (Lipinski definition) is 2. The van der Waals surface area contributed by atoms with Gasteiger partial charge < -0.3 is 10.4 Å². The number of thiophene rings is 1. The summed E-state index contributed by atoms with van der Waals surface area (Å²) in [5.41, 5.74) is 3.40. The molecule has 0 saturated carbocycles. The fourth-order valence-electron chi connectivity index (χ4n) is 3.17. The Hall–Kier alpha value is -2.92. The Bertz CT molecular complexity index is 988. The summed E-state index contributed by atoms with van der Waals surface area (Å²) in [6, 6.07) is 17.5. The Balaban J connectivity index is 1.83. The largest absolute Gasteiger partial charge is 0.478 e.